The molecule has 0 unspecified atom stereocenters. The number of hydrogen-bond donors (Lipinski definition) is 1. The van der Waals surface area contributed by atoms with Gasteiger partial charge in [-0.05, 0) is 62.3 Å². The molecule has 1 saturated carbocycles. The van der Waals surface area contributed by atoms with E-state index in [1.165, 1.54) is 19.0 Å². The van der Waals surface area contributed by atoms with Crippen LogP contribution in [-0.2, 0) is 4.79 Å². The number of amides is 2. The summed E-state index contributed by atoms with van der Waals surface area (Å²) in [5.41, 5.74) is 2.54. The van der Waals surface area contributed by atoms with Crippen LogP contribution >= 0.6 is 0 Å². The highest BCUT2D eigenvalue weighted by molar-refractivity contribution is 5.97. The summed E-state index contributed by atoms with van der Waals surface area (Å²) in [7, 11) is 0. The summed E-state index contributed by atoms with van der Waals surface area (Å²) in [5, 5.41) is 11.1. The van der Waals surface area contributed by atoms with Gasteiger partial charge in [-0.1, -0.05) is 17.3 Å². The van der Waals surface area contributed by atoms with Gasteiger partial charge in [0.1, 0.15) is 11.6 Å². The van der Waals surface area contributed by atoms with Gasteiger partial charge in [-0.25, -0.2) is 4.98 Å². The lowest BCUT2D eigenvalue weighted by atomic mass is 9.93. The lowest BCUT2D eigenvalue weighted by Gasteiger charge is -2.33. The molecule has 2 amide bonds. The predicted molar refractivity (Wildman–Crippen MR) is 111 cm³/mol. The number of nitrogens with zero attached hydrogens (tertiary/aromatic N) is 5. The number of nitrogens with one attached hydrogen (secondary N) is 1. The Morgan fingerprint density at radius 3 is 2.53 bits per heavy atom. The van der Waals surface area contributed by atoms with Gasteiger partial charge in [0.2, 0.25) is 5.91 Å². The highest BCUT2D eigenvalue weighted by Crippen LogP contribution is 2.53. The normalized spacial score (nSPS) is 18.4. The Morgan fingerprint density at radius 2 is 1.83 bits per heavy atom. The molecule has 1 atom stereocenters. The Bertz CT molecular complexity index is 1090. The van der Waals surface area contributed by atoms with Crippen molar-refractivity contribution >= 4 is 22.8 Å². The number of hydrogen-bond acceptors (Lipinski definition) is 5. The van der Waals surface area contributed by atoms with Gasteiger partial charge in [0, 0.05) is 19.3 Å². The maximum Gasteiger partial charge on any atom is 0.253 e. The number of rotatable bonds is 4. The molecule has 8 heteroatoms. The van der Waals surface area contributed by atoms with Crippen LogP contribution in [-0.4, -0.2) is 55.8 Å². The Labute approximate surface area is 174 Å². The van der Waals surface area contributed by atoms with Crippen LogP contribution in [0.4, 0.5) is 0 Å². The number of piperidine rings is 1. The molecular weight excluding hydrogens is 380 g/mol. The van der Waals surface area contributed by atoms with Crippen LogP contribution in [0, 0.1) is 5.41 Å². The zero-order valence-corrected chi connectivity index (χ0v) is 16.9. The van der Waals surface area contributed by atoms with Crippen molar-refractivity contribution in [2.45, 2.75) is 38.6 Å². The highest BCUT2D eigenvalue weighted by atomic mass is 16.2. The number of pyridine rings is 1. The largest absolute Gasteiger partial charge is 0.341 e. The Morgan fingerprint density at radius 1 is 1.07 bits per heavy atom. The lowest BCUT2D eigenvalue weighted by molar-refractivity contribution is -0.134. The van der Waals surface area contributed by atoms with E-state index in [0.29, 0.717) is 16.8 Å². The summed E-state index contributed by atoms with van der Waals surface area (Å²) in [6.07, 6.45) is 6.27. The van der Waals surface area contributed by atoms with E-state index < -0.39 is 6.04 Å². The van der Waals surface area contributed by atoms with Gasteiger partial charge in [-0.15, -0.1) is 5.10 Å². The zero-order valence-electron chi connectivity index (χ0n) is 16.9. The lowest BCUT2D eigenvalue weighted by Crippen LogP contribution is -2.49. The second-order valence-electron chi connectivity index (χ2n) is 8.42. The standard InChI is InChI=1S/C22H24N6O2/c1-15(21(30)27-12-10-22(8-9-22)11-13-27)24-20(29)16-6-7-19(23-14-16)28-18-5-3-2-4-17(18)25-26-28/h2-7,14-15H,8-13H2,1H3,(H,24,29)/t15-/m1/s1. The first kappa shape index (κ1) is 18.7. The van der Waals surface area contributed by atoms with Gasteiger partial charge in [-0.2, -0.15) is 4.68 Å². The molecule has 3 heterocycles. The fourth-order valence-corrected chi connectivity index (χ4v) is 4.18. The molecule has 0 bridgehead atoms. The van der Waals surface area contributed by atoms with Gasteiger partial charge in [-0.3, -0.25) is 9.59 Å². The average Bonchev–Trinajstić information content (AvgIpc) is 3.39. The Balaban J connectivity index is 1.23. The van der Waals surface area contributed by atoms with E-state index in [-0.39, 0.29) is 11.8 Å². The molecule has 1 aliphatic carbocycles. The van der Waals surface area contributed by atoms with E-state index in [1.807, 2.05) is 29.2 Å². The molecule has 154 valence electrons. The molecule has 1 saturated heterocycles. The van der Waals surface area contributed by atoms with Gasteiger partial charge in [0.15, 0.2) is 5.82 Å². The third kappa shape index (κ3) is 3.42. The smallest absolute Gasteiger partial charge is 0.253 e. The van der Waals surface area contributed by atoms with Crippen molar-refractivity contribution in [2.75, 3.05) is 13.1 Å². The fourth-order valence-electron chi connectivity index (χ4n) is 4.18. The first-order chi connectivity index (χ1) is 14.5. The van der Waals surface area contributed by atoms with Crippen LogP contribution in [0.5, 0.6) is 0 Å². The third-order valence-corrected chi connectivity index (χ3v) is 6.39. The molecule has 1 aromatic carbocycles. The molecule has 1 aliphatic heterocycles. The minimum absolute atomic E-state index is 0.0162. The average molecular weight is 404 g/mol. The number of fused-ring (bicyclic) bond motifs is 1. The number of carbonyl (C=O) groups is 2. The minimum atomic E-state index is -0.565. The molecule has 0 radical (unpaired) electrons. The number of para-hydroxylation sites is 1. The van der Waals surface area contributed by atoms with Crippen molar-refractivity contribution in [1.82, 2.24) is 30.2 Å². The van der Waals surface area contributed by atoms with Crippen LogP contribution in [0.15, 0.2) is 42.6 Å². The van der Waals surface area contributed by atoms with E-state index in [9.17, 15) is 9.59 Å². The number of likely N-dealkylation sites (tertiary alicyclic amines) is 1. The van der Waals surface area contributed by atoms with Crippen molar-refractivity contribution in [3.05, 3.63) is 48.2 Å². The minimum Gasteiger partial charge on any atom is -0.341 e. The number of benzene rings is 1. The SMILES string of the molecule is C[C@@H](NC(=O)c1ccc(-n2nnc3ccccc32)nc1)C(=O)N1CCC2(CC1)CC2. The molecule has 1 N–H and O–H groups in total. The van der Waals surface area contributed by atoms with Crippen LogP contribution in [0.3, 0.4) is 0 Å². The summed E-state index contributed by atoms with van der Waals surface area (Å²) in [6, 6.07) is 10.5. The molecular formula is C22H24N6O2. The highest BCUT2D eigenvalue weighted by Gasteiger charge is 2.45. The molecule has 2 fully saturated rings. The van der Waals surface area contributed by atoms with Crippen molar-refractivity contribution in [1.29, 1.82) is 0 Å². The van der Waals surface area contributed by atoms with Crippen LogP contribution in [0.25, 0.3) is 16.9 Å². The third-order valence-electron chi connectivity index (χ3n) is 6.39. The van der Waals surface area contributed by atoms with Gasteiger partial charge < -0.3 is 10.2 Å². The van der Waals surface area contributed by atoms with Crippen molar-refractivity contribution in [3.8, 4) is 5.82 Å². The molecule has 30 heavy (non-hydrogen) atoms. The van der Waals surface area contributed by atoms with Gasteiger partial charge in [0.05, 0.1) is 11.1 Å². The van der Waals surface area contributed by atoms with Crippen molar-refractivity contribution < 1.29 is 9.59 Å². The summed E-state index contributed by atoms with van der Waals surface area (Å²) >= 11 is 0. The number of carbonyl (C=O) groups excluding carboxylic acids is 2. The second kappa shape index (κ2) is 7.19. The van der Waals surface area contributed by atoms with E-state index in [0.717, 1.165) is 37.0 Å². The van der Waals surface area contributed by atoms with Crippen LogP contribution < -0.4 is 5.32 Å². The summed E-state index contributed by atoms with van der Waals surface area (Å²) in [5.74, 6) is 0.248. The molecule has 3 aromatic rings. The maximum atomic E-state index is 12.7. The predicted octanol–water partition coefficient (Wildman–Crippen LogP) is 2.34. The maximum absolute atomic E-state index is 12.7. The monoisotopic (exact) mass is 404 g/mol. The molecule has 5 rings (SSSR count). The Kier molecular flexibility index (Phi) is 4.49. The van der Waals surface area contributed by atoms with Gasteiger partial charge in [0.25, 0.3) is 5.91 Å². The van der Waals surface area contributed by atoms with E-state index >= 15 is 0 Å². The molecule has 2 aromatic heterocycles. The Hall–Kier alpha value is -3.29. The second-order valence-corrected chi connectivity index (χ2v) is 8.42. The van der Waals surface area contributed by atoms with E-state index in [2.05, 4.69) is 20.6 Å². The van der Waals surface area contributed by atoms with Gasteiger partial charge >= 0.3 is 0 Å². The van der Waals surface area contributed by atoms with Crippen LogP contribution in [0.1, 0.15) is 43.0 Å². The zero-order chi connectivity index (χ0) is 20.7. The summed E-state index contributed by atoms with van der Waals surface area (Å²) in [4.78, 5) is 31.6. The molecule has 2 aliphatic rings. The first-order valence-electron chi connectivity index (χ1n) is 10.4. The number of aromatic nitrogens is 4. The topological polar surface area (TPSA) is 93.0 Å². The summed E-state index contributed by atoms with van der Waals surface area (Å²) < 4.78 is 1.63. The van der Waals surface area contributed by atoms with E-state index in [4.69, 9.17) is 0 Å². The van der Waals surface area contributed by atoms with Crippen molar-refractivity contribution in [3.63, 3.8) is 0 Å². The van der Waals surface area contributed by atoms with Crippen LogP contribution in [0.2, 0.25) is 0 Å². The summed E-state index contributed by atoms with van der Waals surface area (Å²) in [6.45, 7) is 3.33. The quantitative estimate of drug-likeness (QED) is 0.720. The molecule has 8 nitrogen and oxygen atoms in total. The fraction of sp³-hybridized carbons (Fsp3) is 0.409. The van der Waals surface area contributed by atoms with Crippen molar-refractivity contribution in [2.24, 2.45) is 5.41 Å². The molecule has 1 spiro atoms. The first-order valence-corrected chi connectivity index (χ1v) is 10.4. The van der Waals surface area contributed by atoms with E-state index in [1.54, 1.807) is 23.7 Å².